The fourth-order valence-corrected chi connectivity index (χ4v) is 1.87. The minimum atomic E-state index is 0.0837. The lowest BCUT2D eigenvalue weighted by atomic mass is 10.2. The van der Waals surface area contributed by atoms with Crippen molar-refractivity contribution < 1.29 is 5.11 Å². The van der Waals surface area contributed by atoms with Crippen molar-refractivity contribution in [3.8, 4) is 0 Å². The Labute approximate surface area is 83.0 Å². The van der Waals surface area contributed by atoms with Gasteiger partial charge in [0.1, 0.15) is 0 Å². The summed E-state index contributed by atoms with van der Waals surface area (Å²) in [6.07, 6.45) is 1.78. The average molecular weight is 197 g/mol. The van der Waals surface area contributed by atoms with Crippen LogP contribution in [0.1, 0.15) is 37.4 Å². The van der Waals surface area contributed by atoms with Crippen LogP contribution in [0, 0.1) is 0 Å². The molecule has 0 aliphatic heterocycles. The van der Waals surface area contributed by atoms with E-state index in [0.717, 1.165) is 16.3 Å². The Hall–Kier alpha value is -0.670. The third-order valence-corrected chi connectivity index (χ3v) is 2.96. The van der Waals surface area contributed by atoms with Crippen molar-refractivity contribution in [2.75, 3.05) is 6.61 Å². The number of aromatic nitrogens is 1. The van der Waals surface area contributed by atoms with Gasteiger partial charge in [0.25, 0.3) is 0 Å². The third-order valence-electron chi connectivity index (χ3n) is 1.82. The first-order valence-corrected chi connectivity index (χ1v) is 5.26. The summed E-state index contributed by atoms with van der Waals surface area (Å²) in [7, 11) is 0. The van der Waals surface area contributed by atoms with Crippen molar-refractivity contribution in [3.05, 3.63) is 22.2 Å². The van der Waals surface area contributed by atoms with Crippen LogP contribution in [-0.2, 0) is 0 Å². The Morgan fingerprint density at radius 3 is 2.85 bits per heavy atom. The predicted octanol–water partition coefficient (Wildman–Crippen LogP) is 2.66. The van der Waals surface area contributed by atoms with Gasteiger partial charge in [-0.2, -0.15) is 0 Å². The van der Waals surface area contributed by atoms with Crippen LogP contribution in [0.5, 0.6) is 0 Å². The van der Waals surface area contributed by atoms with E-state index >= 15 is 0 Å². The van der Waals surface area contributed by atoms with Crippen LogP contribution in [0.3, 0.4) is 0 Å². The van der Waals surface area contributed by atoms with Crippen LogP contribution in [0.4, 0.5) is 0 Å². The van der Waals surface area contributed by atoms with Gasteiger partial charge >= 0.3 is 0 Å². The van der Waals surface area contributed by atoms with Crippen LogP contribution in [-0.4, -0.2) is 16.7 Å². The second-order valence-corrected chi connectivity index (χ2v) is 4.19. The first-order valence-electron chi connectivity index (χ1n) is 4.38. The van der Waals surface area contributed by atoms with E-state index in [1.807, 2.05) is 12.3 Å². The minimum Gasteiger partial charge on any atom is -0.392 e. The van der Waals surface area contributed by atoms with Crippen LogP contribution in [0.15, 0.2) is 11.5 Å². The van der Waals surface area contributed by atoms with Crippen molar-refractivity contribution in [1.82, 2.24) is 4.98 Å². The van der Waals surface area contributed by atoms with Crippen molar-refractivity contribution in [2.24, 2.45) is 0 Å². The summed E-state index contributed by atoms with van der Waals surface area (Å²) in [6, 6.07) is 0. The number of allylic oxidation sites excluding steroid dienone is 1. The lowest BCUT2D eigenvalue weighted by molar-refractivity contribution is 0.343. The molecule has 1 heterocycles. The van der Waals surface area contributed by atoms with Crippen molar-refractivity contribution in [3.63, 3.8) is 0 Å². The summed E-state index contributed by atoms with van der Waals surface area (Å²) >= 11 is 1.68. The average Bonchev–Trinajstić information content (AvgIpc) is 2.52. The second kappa shape index (κ2) is 4.53. The normalized spacial score (nSPS) is 12.5. The second-order valence-electron chi connectivity index (χ2n) is 3.30. The maximum Gasteiger partial charge on any atom is 0.0957 e. The van der Waals surface area contributed by atoms with Gasteiger partial charge in [-0.25, -0.2) is 4.98 Å². The first kappa shape index (κ1) is 10.4. The molecule has 0 fully saturated rings. The van der Waals surface area contributed by atoms with E-state index in [4.69, 9.17) is 5.11 Å². The molecule has 72 valence electrons. The quantitative estimate of drug-likeness (QED) is 0.808. The lowest BCUT2D eigenvalue weighted by Crippen LogP contribution is -1.87. The largest absolute Gasteiger partial charge is 0.392 e. The van der Waals surface area contributed by atoms with E-state index in [9.17, 15) is 0 Å². The first-order chi connectivity index (χ1) is 6.15. The molecule has 1 N–H and O–H groups in total. The number of rotatable bonds is 3. The molecule has 0 radical (unpaired) electrons. The Bertz CT molecular complexity index is 302. The summed E-state index contributed by atoms with van der Waals surface area (Å²) < 4.78 is 0. The van der Waals surface area contributed by atoms with Crippen LogP contribution in [0.25, 0.3) is 5.57 Å². The van der Waals surface area contributed by atoms with Gasteiger partial charge in [0.15, 0.2) is 0 Å². The van der Waals surface area contributed by atoms with Crippen LogP contribution < -0.4 is 0 Å². The van der Waals surface area contributed by atoms with E-state index in [2.05, 4.69) is 18.8 Å². The number of thiazole rings is 1. The molecule has 0 saturated carbocycles. The Balaban J connectivity index is 2.85. The van der Waals surface area contributed by atoms with Crippen molar-refractivity contribution in [2.45, 2.75) is 26.7 Å². The third kappa shape index (κ3) is 2.64. The summed E-state index contributed by atoms with van der Waals surface area (Å²) in [4.78, 5) is 4.47. The van der Waals surface area contributed by atoms with E-state index in [0.29, 0.717) is 5.92 Å². The fourth-order valence-electron chi connectivity index (χ4n) is 0.975. The molecule has 1 aromatic rings. The van der Waals surface area contributed by atoms with Crippen LogP contribution >= 0.6 is 11.3 Å². The predicted molar refractivity (Wildman–Crippen MR) is 56.9 cm³/mol. The van der Waals surface area contributed by atoms with E-state index in [1.165, 1.54) is 0 Å². The molecule has 1 rings (SSSR count). The standard InChI is InChI=1S/C10H15NOS/c1-7(2)10-11-9(6-13-10)8(3)4-5-12/h4,6-7,12H,5H2,1-3H3/b8-4+. The van der Waals surface area contributed by atoms with Gasteiger partial charge in [-0.05, 0) is 12.5 Å². The number of hydrogen-bond donors (Lipinski definition) is 1. The Morgan fingerprint density at radius 1 is 1.69 bits per heavy atom. The molecule has 0 saturated heterocycles. The number of aliphatic hydroxyl groups excluding tert-OH is 1. The smallest absolute Gasteiger partial charge is 0.0957 e. The van der Waals surface area contributed by atoms with Crippen LogP contribution in [0.2, 0.25) is 0 Å². The van der Waals surface area contributed by atoms with Crippen molar-refractivity contribution in [1.29, 1.82) is 0 Å². The van der Waals surface area contributed by atoms with E-state index < -0.39 is 0 Å². The summed E-state index contributed by atoms with van der Waals surface area (Å²) in [5.41, 5.74) is 2.04. The molecule has 0 spiro atoms. The number of aliphatic hydroxyl groups is 1. The molecule has 0 aliphatic rings. The molecule has 0 bridgehead atoms. The Kier molecular flexibility index (Phi) is 3.63. The monoisotopic (exact) mass is 197 g/mol. The summed E-state index contributed by atoms with van der Waals surface area (Å²) in [5.74, 6) is 0.487. The van der Waals surface area contributed by atoms with Gasteiger partial charge < -0.3 is 5.11 Å². The molecule has 0 amide bonds. The molecule has 2 nitrogen and oxygen atoms in total. The zero-order valence-corrected chi connectivity index (χ0v) is 9.06. The highest BCUT2D eigenvalue weighted by molar-refractivity contribution is 7.09. The van der Waals surface area contributed by atoms with Gasteiger partial charge in [-0.3, -0.25) is 0 Å². The minimum absolute atomic E-state index is 0.0837. The molecule has 0 aliphatic carbocycles. The molecule has 0 atom stereocenters. The lowest BCUT2D eigenvalue weighted by Gasteiger charge is -1.97. The van der Waals surface area contributed by atoms with E-state index in [1.54, 1.807) is 17.4 Å². The highest BCUT2D eigenvalue weighted by Gasteiger charge is 2.06. The maximum atomic E-state index is 8.71. The number of nitrogens with zero attached hydrogens (tertiary/aromatic N) is 1. The molecule has 13 heavy (non-hydrogen) atoms. The molecule has 0 unspecified atom stereocenters. The molecule has 1 aromatic heterocycles. The van der Waals surface area contributed by atoms with Gasteiger partial charge in [-0.15, -0.1) is 11.3 Å². The number of hydrogen-bond acceptors (Lipinski definition) is 3. The molecular weight excluding hydrogens is 182 g/mol. The van der Waals surface area contributed by atoms with Gasteiger partial charge in [0.2, 0.25) is 0 Å². The van der Waals surface area contributed by atoms with Crippen molar-refractivity contribution >= 4 is 16.9 Å². The zero-order chi connectivity index (χ0) is 9.84. The topological polar surface area (TPSA) is 33.1 Å². The SMILES string of the molecule is C/C(=C\CO)c1csc(C(C)C)n1. The highest BCUT2D eigenvalue weighted by Crippen LogP contribution is 2.22. The Morgan fingerprint density at radius 2 is 2.38 bits per heavy atom. The summed E-state index contributed by atoms with van der Waals surface area (Å²) in [6.45, 7) is 6.32. The summed E-state index contributed by atoms with van der Waals surface area (Å²) in [5, 5.41) is 11.9. The van der Waals surface area contributed by atoms with Gasteiger partial charge in [0, 0.05) is 11.3 Å². The molecule has 0 aromatic carbocycles. The zero-order valence-electron chi connectivity index (χ0n) is 8.24. The maximum absolute atomic E-state index is 8.71. The molecule has 3 heteroatoms. The molecular formula is C10H15NOS. The van der Waals surface area contributed by atoms with E-state index in [-0.39, 0.29) is 6.61 Å². The van der Waals surface area contributed by atoms with Gasteiger partial charge in [-0.1, -0.05) is 19.9 Å². The highest BCUT2D eigenvalue weighted by atomic mass is 32.1. The fraction of sp³-hybridized carbons (Fsp3) is 0.500. The van der Waals surface area contributed by atoms with Gasteiger partial charge in [0.05, 0.1) is 17.3 Å².